The van der Waals surface area contributed by atoms with Crippen LogP contribution >= 0.6 is 0 Å². The van der Waals surface area contributed by atoms with Crippen molar-refractivity contribution < 1.29 is 9.15 Å². The summed E-state index contributed by atoms with van der Waals surface area (Å²) in [5, 5.41) is 2.26. The number of anilines is 3. The molecule has 280 valence electrons. The monoisotopic (exact) mass is 757 g/mol. The summed E-state index contributed by atoms with van der Waals surface area (Å²) in [7, 11) is 1.70. The molecule has 0 radical (unpaired) electrons. The fourth-order valence-corrected chi connectivity index (χ4v) is 9.37. The van der Waals surface area contributed by atoms with Crippen molar-refractivity contribution in [3.05, 3.63) is 241 Å². The second kappa shape index (κ2) is 14.1. The lowest BCUT2D eigenvalue weighted by atomic mass is 9.67. The number of fused-ring (bicyclic) bond motifs is 6. The molecule has 0 spiro atoms. The van der Waals surface area contributed by atoms with Gasteiger partial charge in [0, 0.05) is 33.4 Å². The topological polar surface area (TPSA) is 25.6 Å². The first-order chi connectivity index (χ1) is 29.2. The predicted molar refractivity (Wildman–Crippen MR) is 243 cm³/mol. The van der Waals surface area contributed by atoms with E-state index < -0.39 is 5.41 Å². The molecule has 0 aliphatic heterocycles. The molecule has 1 aliphatic carbocycles. The van der Waals surface area contributed by atoms with Gasteiger partial charge in [0.25, 0.3) is 0 Å². The lowest BCUT2D eigenvalue weighted by molar-refractivity contribution is 0.415. The molecule has 59 heavy (non-hydrogen) atoms. The molecule has 0 saturated heterocycles. The number of nitrogens with zero attached hydrogens (tertiary/aromatic N) is 1. The highest BCUT2D eigenvalue weighted by Crippen LogP contribution is 2.57. The maximum absolute atomic E-state index is 6.46. The smallest absolute Gasteiger partial charge is 0.143 e. The first-order valence-electron chi connectivity index (χ1n) is 20.1. The standard InChI is InChI=1S/C56H39NO2/c1-58-46-34-27-39(28-35-46)38-23-29-43(30-24-38)57(44-31-25-40(26-32-44)47-19-12-20-51-50-18-9-11-22-54(50)59-55(47)51)45-33-36-49-48-17-8-10-21-52(48)56(53(49)37-45,41-13-4-2-5-14-41)42-15-6-3-7-16-42/h2-37H,1H3. The van der Waals surface area contributed by atoms with Crippen molar-refractivity contribution in [2.45, 2.75) is 5.41 Å². The van der Waals surface area contributed by atoms with Gasteiger partial charge in [0.2, 0.25) is 0 Å². The lowest BCUT2D eigenvalue weighted by Crippen LogP contribution is -2.28. The number of rotatable bonds is 8. The summed E-state index contributed by atoms with van der Waals surface area (Å²) in [5.41, 5.74) is 16.5. The molecule has 0 bridgehead atoms. The van der Waals surface area contributed by atoms with Gasteiger partial charge >= 0.3 is 0 Å². The SMILES string of the molecule is COc1ccc(-c2ccc(N(c3ccc(-c4cccc5c4oc4ccccc45)cc3)c3ccc4c(c3)C(c3ccccc3)(c3ccccc3)c3ccccc3-4)cc2)cc1. The zero-order valence-electron chi connectivity index (χ0n) is 32.5. The maximum atomic E-state index is 6.46. The highest BCUT2D eigenvalue weighted by molar-refractivity contribution is 6.09. The van der Waals surface area contributed by atoms with E-state index in [4.69, 9.17) is 9.15 Å². The number of para-hydroxylation sites is 2. The zero-order chi connectivity index (χ0) is 39.3. The first kappa shape index (κ1) is 34.6. The Morgan fingerprint density at radius 1 is 0.407 bits per heavy atom. The average Bonchev–Trinajstić information content (AvgIpc) is 3.84. The van der Waals surface area contributed by atoms with Crippen LogP contribution in [0.3, 0.4) is 0 Å². The predicted octanol–water partition coefficient (Wildman–Crippen LogP) is 14.8. The van der Waals surface area contributed by atoms with Gasteiger partial charge in [0.05, 0.1) is 12.5 Å². The Kier molecular flexibility index (Phi) is 8.27. The molecule has 1 heterocycles. The van der Waals surface area contributed by atoms with E-state index in [0.717, 1.165) is 67.0 Å². The molecule has 1 aromatic heterocycles. The molecule has 3 heteroatoms. The summed E-state index contributed by atoms with van der Waals surface area (Å²) in [4.78, 5) is 2.38. The molecule has 0 saturated carbocycles. The number of methoxy groups -OCH3 is 1. The fraction of sp³-hybridized carbons (Fsp3) is 0.0357. The highest BCUT2D eigenvalue weighted by Gasteiger charge is 2.46. The molecule has 10 aromatic rings. The summed E-state index contributed by atoms with van der Waals surface area (Å²) in [5.74, 6) is 0.845. The minimum Gasteiger partial charge on any atom is -0.497 e. The van der Waals surface area contributed by atoms with Gasteiger partial charge in [-0.15, -0.1) is 0 Å². The van der Waals surface area contributed by atoms with Crippen LogP contribution in [0.1, 0.15) is 22.3 Å². The summed E-state index contributed by atoms with van der Waals surface area (Å²) < 4.78 is 11.9. The van der Waals surface area contributed by atoms with Crippen molar-refractivity contribution in [3.8, 4) is 39.1 Å². The summed E-state index contributed by atoms with van der Waals surface area (Å²) in [6.07, 6.45) is 0. The van der Waals surface area contributed by atoms with Gasteiger partial charge in [-0.3, -0.25) is 0 Å². The molecule has 0 N–H and O–H groups in total. The van der Waals surface area contributed by atoms with E-state index >= 15 is 0 Å². The molecule has 3 nitrogen and oxygen atoms in total. The highest BCUT2D eigenvalue weighted by atomic mass is 16.5. The van der Waals surface area contributed by atoms with Crippen molar-refractivity contribution in [3.63, 3.8) is 0 Å². The summed E-state index contributed by atoms with van der Waals surface area (Å²) in [6, 6.07) is 78.7. The van der Waals surface area contributed by atoms with Crippen LogP contribution in [-0.2, 0) is 5.41 Å². The van der Waals surface area contributed by atoms with E-state index in [1.54, 1.807) is 7.11 Å². The molecular weight excluding hydrogens is 719 g/mol. The van der Waals surface area contributed by atoms with Crippen LogP contribution in [0.5, 0.6) is 5.75 Å². The quantitative estimate of drug-likeness (QED) is 0.154. The molecule has 11 rings (SSSR count). The third-order valence-corrected chi connectivity index (χ3v) is 12.1. The van der Waals surface area contributed by atoms with E-state index in [1.807, 2.05) is 24.3 Å². The van der Waals surface area contributed by atoms with Crippen molar-refractivity contribution >= 4 is 39.0 Å². The van der Waals surface area contributed by atoms with E-state index in [1.165, 1.54) is 33.4 Å². The van der Waals surface area contributed by atoms with Gasteiger partial charge in [0.15, 0.2) is 0 Å². The summed E-state index contributed by atoms with van der Waals surface area (Å²) >= 11 is 0. The Labute approximate surface area is 344 Å². The van der Waals surface area contributed by atoms with Crippen LogP contribution in [0.25, 0.3) is 55.3 Å². The number of hydrogen-bond donors (Lipinski definition) is 0. The zero-order valence-corrected chi connectivity index (χ0v) is 32.5. The largest absolute Gasteiger partial charge is 0.497 e. The van der Waals surface area contributed by atoms with Gasteiger partial charge < -0.3 is 14.1 Å². The number of hydrogen-bond acceptors (Lipinski definition) is 3. The second-order valence-electron chi connectivity index (χ2n) is 15.2. The van der Waals surface area contributed by atoms with Crippen LogP contribution < -0.4 is 9.64 Å². The van der Waals surface area contributed by atoms with Gasteiger partial charge in [-0.25, -0.2) is 0 Å². The Hall–Kier alpha value is -7.62. The number of benzene rings is 9. The Bertz CT molecular complexity index is 3070. The lowest BCUT2D eigenvalue weighted by Gasteiger charge is -2.35. The maximum Gasteiger partial charge on any atom is 0.143 e. The van der Waals surface area contributed by atoms with Crippen LogP contribution in [0, 0.1) is 0 Å². The van der Waals surface area contributed by atoms with Crippen molar-refractivity contribution in [1.29, 1.82) is 0 Å². The third kappa shape index (κ3) is 5.58. The average molecular weight is 758 g/mol. The number of ether oxygens (including phenoxy) is 1. The minimum absolute atomic E-state index is 0.510. The van der Waals surface area contributed by atoms with Crippen molar-refractivity contribution in [2.75, 3.05) is 12.0 Å². The molecule has 1 aliphatic rings. The molecule has 9 aromatic carbocycles. The third-order valence-electron chi connectivity index (χ3n) is 12.1. The molecule has 0 atom stereocenters. The minimum atomic E-state index is -0.510. The van der Waals surface area contributed by atoms with Gasteiger partial charge in [-0.2, -0.15) is 0 Å². The van der Waals surface area contributed by atoms with Crippen LogP contribution in [0.2, 0.25) is 0 Å². The van der Waals surface area contributed by atoms with E-state index in [-0.39, 0.29) is 0 Å². The molecule has 0 fully saturated rings. The van der Waals surface area contributed by atoms with Crippen molar-refractivity contribution in [1.82, 2.24) is 0 Å². The normalized spacial score (nSPS) is 12.6. The molecule has 0 unspecified atom stereocenters. The van der Waals surface area contributed by atoms with Gasteiger partial charge in [-0.05, 0) is 105 Å². The first-order valence-corrected chi connectivity index (χ1v) is 20.1. The second-order valence-corrected chi connectivity index (χ2v) is 15.2. The molecular formula is C56H39NO2. The Morgan fingerprint density at radius 2 is 0.932 bits per heavy atom. The van der Waals surface area contributed by atoms with E-state index in [9.17, 15) is 0 Å². The van der Waals surface area contributed by atoms with Gasteiger partial charge in [0.1, 0.15) is 16.9 Å². The Balaban J connectivity index is 1.09. The van der Waals surface area contributed by atoms with Crippen LogP contribution in [-0.4, -0.2) is 7.11 Å². The van der Waals surface area contributed by atoms with E-state index in [0.29, 0.717) is 0 Å². The van der Waals surface area contributed by atoms with Crippen LogP contribution in [0.15, 0.2) is 223 Å². The Morgan fingerprint density at radius 3 is 1.61 bits per heavy atom. The van der Waals surface area contributed by atoms with Crippen LogP contribution in [0.4, 0.5) is 17.1 Å². The fourth-order valence-electron chi connectivity index (χ4n) is 9.37. The number of furan rings is 1. The van der Waals surface area contributed by atoms with Gasteiger partial charge in [-0.1, -0.05) is 164 Å². The van der Waals surface area contributed by atoms with Crippen molar-refractivity contribution in [2.24, 2.45) is 0 Å². The summed E-state index contributed by atoms with van der Waals surface area (Å²) in [6.45, 7) is 0. The van der Waals surface area contributed by atoms with E-state index in [2.05, 4.69) is 199 Å². The molecule has 0 amide bonds.